The van der Waals surface area contributed by atoms with Crippen molar-refractivity contribution in [2.24, 2.45) is 0 Å². The van der Waals surface area contributed by atoms with Gasteiger partial charge in [-0.05, 0) is 79.1 Å². The van der Waals surface area contributed by atoms with Gasteiger partial charge in [-0.2, -0.15) is 0 Å². The van der Waals surface area contributed by atoms with Crippen LogP contribution in [0.4, 0.5) is 11.4 Å². The second-order valence-corrected chi connectivity index (χ2v) is 6.29. The molecule has 2 aromatic rings. The number of carbonyl (C=O) groups is 1. The third-order valence-corrected chi connectivity index (χ3v) is 4.81. The lowest BCUT2D eigenvalue weighted by Gasteiger charge is -2.30. The zero-order valence-corrected chi connectivity index (χ0v) is 12.6. The SMILES string of the molecule is Nc1ccc2c(c1)CCCN2C(=O)c1ccc2c(c1)CCC2. The Morgan fingerprint density at radius 3 is 2.64 bits per heavy atom. The fourth-order valence-electron chi connectivity index (χ4n) is 3.69. The van der Waals surface area contributed by atoms with Crippen LogP contribution in [-0.2, 0) is 19.3 Å². The summed E-state index contributed by atoms with van der Waals surface area (Å²) < 4.78 is 0. The first-order valence-electron chi connectivity index (χ1n) is 8.04. The summed E-state index contributed by atoms with van der Waals surface area (Å²) in [7, 11) is 0. The molecule has 112 valence electrons. The summed E-state index contributed by atoms with van der Waals surface area (Å²) in [5.74, 6) is 0.112. The van der Waals surface area contributed by atoms with Gasteiger partial charge in [-0.3, -0.25) is 4.79 Å². The highest BCUT2D eigenvalue weighted by atomic mass is 16.2. The van der Waals surface area contributed by atoms with Gasteiger partial charge in [-0.25, -0.2) is 0 Å². The number of nitrogens with two attached hydrogens (primary N) is 1. The van der Waals surface area contributed by atoms with Gasteiger partial charge in [0.1, 0.15) is 0 Å². The second kappa shape index (κ2) is 5.16. The third-order valence-electron chi connectivity index (χ3n) is 4.81. The van der Waals surface area contributed by atoms with Crippen LogP contribution in [-0.4, -0.2) is 12.5 Å². The van der Waals surface area contributed by atoms with Crippen LogP contribution in [0.5, 0.6) is 0 Å². The lowest BCUT2D eigenvalue weighted by Crippen LogP contribution is -2.35. The van der Waals surface area contributed by atoms with Gasteiger partial charge in [0.05, 0.1) is 0 Å². The van der Waals surface area contributed by atoms with Crippen molar-refractivity contribution in [3.8, 4) is 0 Å². The molecule has 1 aliphatic carbocycles. The Morgan fingerprint density at radius 1 is 0.909 bits per heavy atom. The molecule has 0 bridgehead atoms. The largest absolute Gasteiger partial charge is 0.399 e. The molecular formula is C19H20N2O. The van der Waals surface area contributed by atoms with E-state index in [1.54, 1.807) is 0 Å². The number of rotatable bonds is 1. The fourth-order valence-corrected chi connectivity index (χ4v) is 3.69. The summed E-state index contributed by atoms with van der Waals surface area (Å²) in [5.41, 5.74) is 12.4. The van der Waals surface area contributed by atoms with E-state index in [9.17, 15) is 4.79 Å². The molecule has 0 spiro atoms. The van der Waals surface area contributed by atoms with E-state index in [1.807, 2.05) is 29.2 Å². The molecule has 0 fully saturated rings. The number of benzene rings is 2. The molecule has 1 heterocycles. The molecule has 0 saturated heterocycles. The molecule has 0 radical (unpaired) electrons. The van der Waals surface area contributed by atoms with Crippen molar-refractivity contribution >= 4 is 17.3 Å². The predicted octanol–water partition coefficient (Wildman–Crippen LogP) is 3.35. The summed E-state index contributed by atoms with van der Waals surface area (Å²) in [6.45, 7) is 0.785. The van der Waals surface area contributed by atoms with Crippen molar-refractivity contribution in [1.29, 1.82) is 0 Å². The lowest BCUT2D eigenvalue weighted by atomic mass is 9.99. The Kier molecular flexibility index (Phi) is 3.14. The molecule has 0 saturated carbocycles. The first-order valence-corrected chi connectivity index (χ1v) is 8.04. The molecule has 3 nitrogen and oxygen atoms in total. The summed E-state index contributed by atoms with van der Waals surface area (Å²) >= 11 is 0. The molecule has 3 heteroatoms. The van der Waals surface area contributed by atoms with Crippen LogP contribution in [0.1, 0.15) is 39.9 Å². The average molecular weight is 292 g/mol. The Bertz CT molecular complexity index is 751. The maximum atomic E-state index is 12.9. The van der Waals surface area contributed by atoms with Crippen molar-refractivity contribution in [2.45, 2.75) is 32.1 Å². The molecule has 4 rings (SSSR count). The number of anilines is 2. The van der Waals surface area contributed by atoms with E-state index >= 15 is 0 Å². The molecular weight excluding hydrogens is 272 g/mol. The Hall–Kier alpha value is -2.29. The van der Waals surface area contributed by atoms with Gasteiger partial charge >= 0.3 is 0 Å². The van der Waals surface area contributed by atoms with E-state index in [4.69, 9.17) is 5.73 Å². The van der Waals surface area contributed by atoms with Crippen LogP contribution in [0.3, 0.4) is 0 Å². The molecule has 2 aromatic carbocycles. The first kappa shape index (κ1) is 13.4. The maximum absolute atomic E-state index is 12.9. The highest BCUT2D eigenvalue weighted by Crippen LogP contribution is 2.31. The number of nitrogens with zero attached hydrogens (tertiary/aromatic N) is 1. The minimum atomic E-state index is 0.112. The van der Waals surface area contributed by atoms with Gasteiger partial charge in [0.2, 0.25) is 0 Å². The van der Waals surface area contributed by atoms with Gasteiger partial charge < -0.3 is 10.6 Å². The molecule has 2 N–H and O–H groups in total. The standard InChI is InChI=1S/C19H20N2O/c20-17-8-9-18-15(12-17)5-2-10-21(18)19(22)16-7-6-13-3-1-4-14(13)11-16/h6-9,11-12H,1-5,10,20H2. The normalized spacial score (nSPS) is 16.3. The zero-order chi connectivity index (χ0) is 15.1. The van der Waals surface area contributed by atoms with Gasteiger partial charge in [0, 0.05) is 23.5 Å². The van der Waals surface area contributed by atoms with E-state index in [1.165, 1.54) is 23.1 Å². The van der Waals surface area contributed by atoms with E-state index in [0.717, 1.165) is 49.2 Å². The van der Waals surface area contributed by atoms with E-state index in [2.05, 4.69) is 12.1 Å². The van der Waals surface area contributed by atoms with Gasteiger partial charge in [-0.15, -0.1) is 0 Å². The van der Waals surface area contributed by atoms with Crippen LogP contribution in [0.2, 0.25) is 0 Å². The minimum absolute atomic E-state index is 0.112. The van der Waals surface area contributed by atoms with E-state index in [0.29, 0.717) is 0 Å². The van der Waals surface area contributed by atoms with Crippen molar-refractivity contribution < 1.29 is 4.79 Å². The van der Waals surface area contributed by atoms with Gasteiger partial charge in [-0.1, -0.05) is 6.07 Å². The highest BCUT2D eigenvalue weighted by Gasteiger charge is 2.24. The topological polar surface area (TPSA) is 46.3 Å². The number of fused-ring (bicyclic) bond motifs is 2. The van der Waals surface area contributed by atoms with Gasteiger partial charge in [0.15, 0.2) is 0 Å². The Balaban J connectivity index is 1.69. The van der Waals surface area contributed by atoms with Crippen molar-refractivity contribution in [1.82, 2.24) is 0 Å². The van der Waals surface area contributed by atoms with Crippen LogP contribution < -0.4 is 10.6 Å². The zero-order valence-electron chi connectivity index (χ0n) is 12.6. The lowest BCUT2D eigenvalue weighted by molar-refractivity contribution is 0.0985. The maximum Gasteiger partial charge on any atom is 0.258 e. The molecule has 0 atom stereocenters. The second-order valence-electron chi connectivity index (χ2n) is 6.29. The summed E-state index contributed by atoms with van der Waals surface area (Å²) in [5, 5.41) is 0. The molecule has 1 aliphatic heterocycles. The number of carbonyl (C=O) groups excluding carboxylic acids is 1. The van der Waals surface area contributed by atoms with Crippen molar-refractivity contribution in [3.63, 3.8) is 0 Å². The van der Waals surface area contributed by atoms with Crippen LogP contribution >= 0.6 is 0 Å². The van der Waals surface area contributed by atoms with Crippen molar-refractivity contribution in [3.05, 3.63) is 58.7 Å². The first-order chi connectivity index (χ1) is 10.7. The number of aryl methyl sites for hydroxylation is 3. The number of nitrogen functional groups attached to an aromatic ring is 1. The smallest absolute Gasteiger partial charge is 0.258 e. The molecule has 1 amide bonds. The third kappa shape index (κ3) is 2.17. The summed E-state index contributed by atoms with van der Waals surface area (Å²) in [6, 6.07) is 12.1. The van der Waals surface area contributed by atoms with E-state index in [-0.39, 0.29) is 5.91 Å². The van der Waals surface area contributed by atoms with E-state index < -0.39 is 0 Å². The van der Waals surface area contributed by atoms with Crippen LogP contribution in [0.25, 0.3) is 0 Å². The number of hydrogen-bond donors (Lipinski definition) is 1. The number of hydrogen-bond acceptors (Lipinski definition) is 2. The molecule has 0 unspecified atom stereocenters. The monoisotopic (exact) mass is 292 g/mol. The molecule has 0 aromatic heterocycles. The van der Waals surface area contributed by atoms with Crippen molar-refractivity contribution in [2.75, 3.05) is 17.2 Å². The Morgan fingerprint density at radius 2 is 1.73 bits per heavy atom. The molecule has 2 aliphatic rings. The quantitative estimate of drug-likeness (QED) is 0.819. The summed E-state index contributed by atoms with van der Waals surface area (Å²) in [6.07, 6.45) is 5.44. The predicted molar refractivity (Wildman–Crippen MR) is 89.3 cm³/mol. The number of amides is 1. The summed E-state index contributed by atoms with van der Waals surface area (Å²) in [4.78, 5) is 14.9. The minimum Gasteiger partial charge on any atom is -0.399 e. The fraction of sp³-hybridized carbons (Fsp3) is 0.316. The average Bonchev–Trinajstić information content (AvgIpc) is 3.00. The molecule has 22 heavy (non-hydrogen) atoms. The highest BCUT2D eigenvalue weighted by molar-refractivity contribution is 6.07. The van der Waals surface area contributed by atoms with Crippen LogP contribution in [0, 0.1) is 0 Å². The van der Waals surface area contributed by atoms with Crippen LogP contribution in [0.15, 0.2) is 36.4 Å². The Labute approximate surface area is 130 Å². The van der Waals surface area contributed by atoms with Gasteiger partial charge in [0.25, 0.3) is 5.91 Å².